The first kappa shape index (κ1) is 25.7. The van der Waals surface area contributed by atoms with Crippen LogP contribution >= 0.6 is 0 Å². The summed E-state index contributed by atoms with van der Waals surface area (Å²) in [5, 5.41) is 18.6. The van der Waals surface area contributed by atoms with E-state index >= 15 is 0 Å². The van der Waals surface area contributed by atoms with Gasteiger partial charge in [0.25, 0.3) is 0 Å². The number of hydrogen-bond donors (Lipinski definition) is 3. The zero-order chi connectivity index (χ0) is 26.5. The number of ether oxygens (including phenoxy) is 1. The zero-order valence-corrected chi connectivity index (χ0v) is 20.2. The number of nitrogens with zero attached hydrogens (tertiary/aromatic N) is 3. The van der Waals surface area contributed by atoms with Crippen LogP contribution in [0.2, 0.25) is 0 Å². The molecule has 1 saturated carbocycles. The van der Waals surface area contributed by atoms with Crippen molar-refractivity contribution in [1.29, 1.82) is 0 Å². The van der Waals surface area contributed by atoms with Gasteiger partial charge in [-0.15, -0.1) is 0 Å². The topological polar surface area (TPSA) is 157 Å². The van der Waals surface area contributed by atoms with E-state index in [1.54, 1.807) is 19.1 Å². The largest absolute Gasteiger partial charge is 0.481 e. The fourth-order valence-electron chi connectivity index (χ4n) is 4.33. The average Bonchev–Trinajstić information content (AvgIpc) is 3.24. The van der Waals surface area contributed by atoms with Crippen molar-refractivity contribution in [3.63, 3.8) is 0 Å². The Morgan fingerprint density at radius 3 is 2.57 bits per heavy atom. The summed E-state index contributed by atoms with van der Waals surface area (Å²) >= 11 is 0. The molecule has 2 amide bonds. The fourth-order valence-corrected chi connectivity index (χ4v) is 4.33. The minimum atomic E-state index is -0.965. The van der Waals surface area contributed by atoms with Gasteiger partial charge in [-0.25, -0.2) is 9.78 Å². The van der Waals surface area contributed by atoms with Gasteiger partial charge >= 0.3 is 12.1 Å². The van der Waals surface area contributed by atoms with Crippen LogP contribution in [0.3, 0.4) is 0 Å². The number of amides is 2. The number of carboxylic acids is 1. The second-order valence-electron chi connectivity index (χ2n) is 8.79. The van der Waals surface area contributed by atoms with Gasteiger partial charge in [-0.3, -0.25) is 19.9 Å². The van der Waals surface area contributed by atoms with Gasteiger partial charge in [0.2, 0.25) is 17.6 Å². The number of aromatic nitrogens is 3. The summed E-state index contributed by atoms with van der Waals surface area (Å²) in [4.78, 5) is 44.5. The second-order valence-corrected chi connectivity index (χ2v) is 8.79. The number of aliphatic carboxylic acids is 1. The smallest absolute Gasteiger partial charge is 0.412 e. The summed E-state index contributed by atoms with van der Waals surface area (Å²) in [7, 11) is 0. The number of rotatable bonds is 7. The Kier molecular flexibility index (Phi) is 7.75. The quantitative estimate of drug-likeness (QED) is 0.382. The van der Waals surface area contributed by atoms with Crippen molar-refractivity contribution in [2.24, 2.45) is 11.8 Å². The molecule has 1 aliphatic carbocycles. The number of aryl methyl sites for hydroxylation is 1. The van der Waals surface area contributed by atoms with Crippen LogP contribution in [0.5, 0.6) is 0 Å². The number of carboxylic acid groups (broad SMARTS) is 1. The van der Waals surface area contributed by atoms with E-state index in [1.807, 2.05) is 0 Å². The highest BCUT2D eigenvalue weighted by molar-refractivity contribution is 5.95. The fraction of sp³-hybridized carbons (Fsp3) is 0.360. The van der Waals surface area contributed by atoms with Gasteiger partial charge in [-0.05, 0) is 51.0 Å². The first-order valence-electron chi connectivity index (χ1n) is 11.8. The van der Waals surface area contributed by atoms with Crippen molar-refractivity contribution in [1.82, 2.24) is 15.1 Å². The summed E-state index contributed by atoms with van der Waals surface area (Å²) in [6.45, 7) is 3.13. The van der Waals surface area contributed by atoms with Gasteiger partial charge in [-0.2, -0.15) is 4.39 Å². The van der Waals surface area contributed by atoms with Gasteiger partial charge in [0.1, 0.15) is 23.2 Å². The molecular formula is C25H26FN5O6. The molecule has 3 atom stereocenters. The summed E-state index contributed by atoms with van der Waals surface area (Å²) in [6, 6.07) is 6.16. The highest BCUT2D eigenvalue weighted by atomic mass is 19.1. The lowest BCUT2D eigenvalue weighted by atomic mass is 9.78. The van der Waals surface area contributed by atoms with Crippen molar-refractivity contribution in [2.75, 3.05) is 10.6 Å². The van der Waals surface area contributed by atoms with E-state index in [2.05, 4.69) is 25.8 Å². The average molecular weight is 512 g/mol. The Morgan fingerprint density at radius 2 is 1.89 bits per heavy atom. The third-order valence-electron chi connectivity index (χ3n) is 6.28. The molecule has 3 aromatic rings. The SMILES string of the molecule is Cc1noc(-c2ccc(NC(=O)[C@H]3CCCC[C@@H]3C(=O)O)cn2)c1NC(=O)OC(C)c1cccnc1F. The third-order valence-corrected chi connectivity index (χ3v) is 6.28. The number of carbonyl (C=O) groups excluding carboxylic acids is 2. The van der Waals surface area contributed by atoms with Gasteiger partial charge in [-0.1, -0.05) is 18.0 Å². The van der Waals surface area contributed by atoms with Crippen molar-refractivity contribution >= 4 is 29.3 Å². The molecule has 0 saturated heterocycles. The van der Waals surface area contributed by atoms with Gasteiger partial charge in [0.15, 0.2) is 0 Å². The molecule has 37 heavy (non-hydrogen) atoms. The number of carbonyl (C=O) groups is 3. The first-order valence-corrected chi connectivity index (χ1v) is 11.8. The number of nitrogens with one attached hydrogen (secondary N) is 2. The molecule has 0 radical (unpaired) electrons. The lowest BCUT2D eigenvalue weighted by molar-refractivity contribution is -0.147. The Bertz CT molecular complexity index is 1290. The molecule has 1 unspecified atom stereocenters. The number of pyridine rings is 2. The molecule has 3 N–H and O–H groups in total. The molecule has 0 aliphatic heterocycles. The van der Waals surface area contributed by atoms with Crippen molar-refractivity contribution in [3.8, 4) is 11.5 Å². The van der Waals surface area contributed by atoms with Gasteiger partial charge < -0.3 is 19.7 Å². The molecule has 12 heteroatoms. The van der Waals surface area contributed by atoms with Crippen molar-refractivity contribution in [3.05, 3.63) is 53.9 Å². The lowest BCUT2D eigenvalue weighted by Crippen LogP contribution is -2.36. The molecular weight excluding hydrogens is 485 g/mol. The minimum Gasteiger partial charge on any atom is -0.481 e. The maximum Gasteiger partial charge on any atom is 0.412 e. The van der Waals surface area contributed by atoms with E-state index in [0.29, 0.717) is 29.9 Å². The molecule has 0 spiro atoms. The van der Waals surface area contributed by atoms with Crippen LogP contribution in [0.25, 0.3) is 11.5 Å². The number of anilines is 2. The Balaban J connectivity index is 1.43. The van der Waals surface area contributed by atoms with Crippen LogP contribution in [0, 0.1) is 24.7 Å². The Labute approximate surface area is 211 Å². The van der Waals surface area contributed by atoms with E-state index in [4.69, 9.17) is 9.26 Å². The predicted molar refractivity (Wildman–Crippen MR) is 129 cm³/mol. The molecule has 0 aromatic carbocycles. The van der Waals surface area contributed by atoms with E-state index in [0.717, 1.165) is 12.8 Å². The molecule has 4 rings (SSSR count). The van der Waals surface area contributed by atoms with Crippen LogP contribution in [0.15, 0.2) is 41.2 Å². The molecule has 3 aromatic heterocycles. The van der Waals surface area contributed by atoms with Crippen molar-refractivity contribution < 1.29 is 33.1 Å². The summed E-state index contributed by atoms with van der Waals surface area (Å²) in [5.41, 5.74) is 1.42. The van der Waals surface area contributed by atoms with E-state index in [9.17, 15) is 23.9 Å². The first-order chi connectivity index (χ1) is 17.7. The van der Waals surface area contributed by atoms with E-state index in [-0.39, 0.29) is 22.9 Å². The van der Waals surface area contributed by atoms with Crippen molar-refractivity contribution in [2.45, 2.75) is 45.6 Å². The minimum absolute atomic E-state index is 0.127. The summed E-state index contributed by atoms with van der Waals surface area (Å²) in [6.07, 6.45) is 3.53. The highest BCUT2D eigenvalue weighted by Crippen LogP contribution is 2.33. The standard InChI is InChI=1S/C25H26FN5O6/c1-13-20(30-25(35)36-14(2)16-8-5-11-27-22(16)26)21(37-31-13)19-10-9-15(12-28-19)29-23(32)17-6-3-4-7-18(17)24(33)34/h5,8-12,14,17-18H,3-4,6-7H2,1-2H3,(H,29,32)(H,30,35)(H,33,34)/t14?,17-,18-/m0/s1. The maximum absolute atomic E-state index is 13.9. The Hall–Kier alpha value is -4.35. The molecule has 1 aliphatic rings. The summed E-state index contributed by atoms with van der Waals surface area (Å²) < 4.78 is 24.5. The molecule has 1 fully saturated rings. The third kappa shape index (κ3) is 5.90. The van der Waals surface area contributed by atoms with Gasteiger partial charge in [0.05, 0.1) is 23.7 Å². The van der Waals surface area contributed by atoms with Crippen LogP contribution in [-0.2, 0) is 14.3 Å². The predicted octanol–water partition coefficient (Wildman–Crippen LogP) is 4.72. The number of hydrogen-bond acceptors (Lipinski definition) is 8. The number of halogens is 1. The lowest BCUT2D eigenvalue weighted by Gasteiger charge is -2.27. The second kappa shape index (κ2) is 11.1. The van der Waals surface area contributed by atoms with E-state index in [1.165, 1.54) is 31.5 Å². The van der Waals surface area contributed by atoms with Crippen LogP contribution < -0.4 is 10.6 Å². The van der Waals surface area contributed by atoms with Crippen LogP contribution in [-0.4, -0.2) is 38.2 Å². The van der Waals surface area contributed by atoms with Gasteiger partial charge in [0, 0.05) is 11.8 Å². The molecule has 194 valence electrons. The molecule has 0 bridgehead atoms. The van der Waals surface area contributed by atoms with Crippen LogP contribution in [0.1, 0.15) is 50.0 Å². The zero-order valence-electron chi connectivity index (χ0n) is 20.2. The normalized spacial score (nSPS) is 18.0. The Morgan fingerprint density at radius 1 is 1.14 bits per heavy atom. The molecule has 3 heterocycles. The van der Waals surface area contributed by atoms with E-state index < -0.39 is 36.0 Å². The monoisotopic (exact) mass is 511 g/mol. The highest BCUT2D eigenvalue weighted by Gasteiger charge is 2.35. The summed E-state index contributed by atoms with van der Waals surface area (Å²) in [5.74, 6) is -3.21. The van der Waals surface area contributed by atoms with Crippen LogP contribution in [0.4, 0.5) is 20.6 Å². The molecule has 11 nitrogen and oxygen atoms in total. The maximum atomic E-state index is 13.9.